The topological polar surface area (TPSA) is 82.6 Å². The third-order valence-corrected chi connectivity index (χ3v) is 11.0. The normalized spacial score (nSPS) is 19.0. The van der Waals surface area contributed by atoms with E-state index in [9.17, 15) is 9.59 Å². The highest BCUT2D eigenvalue weighted by Gasteiger charge is 2.50. The van der Waals surface area contributed by atoms with Crippen LogP contribution in [-0.2, 0) is 13.9 Å². The van der Waals surface area contributed by atoms with Crippen molar-refractivity contribution in [1.29, 1.82) is 0 Å². The maximum atomic E-state index is 12.3. The van der Waals surface area contributed by atoms with Crippen molar-refractivity contribution < 1.29 is 13.9 Å². The lowest BCUT2D eigenvalue weighted by Crippen LogP contribution is -2.67. The van der Waals surface area contributed by atoms with Crippen molar-refractivity contribution in [3.05, 3.63) is 93.3 Å². The summed E-state index contributed by atoms with van der Waals surface area (Å²) in [6.45, 7) is 8.69. The van der Waals surface area contributed by atoms with Gasteiger partial charge >= 0.3 is 5.69 Å². The molecule has 0 radical (unpaired) electrons. The van der Waals surface area contributed by atoms with Gasteiger partial charge in [0.2, 0.25) is 0 Å². The summed E-state index contributed by atoms with van der Waals surface area (Å²) in [5.74, 6) is 0. The van der Waals surface area contributed by atoms with Crippen molar-refractivity contribution in [2.24, 2.45) is 0 Å². The molecule has 4 rings (SSSR count). The Balaban J connectivity index is 1.62. The molecule has 2 aromatic carbocycles. The van der Waals surface area contributed by atoms with Crippen molar-refractivity contribution in [1.82, 2.24) is 9.55 Å². The molecule has 33 heavy (non-hydrogen) atoms. The zero-order valence-corrected chi connectivity index (χ0v) is 20.4. The van der Waals surface area contributed by atoms with Crippen molar-refractivity contribution in [2.45, 2.75) is 45.3 Å². The predicted octanol–water partition coefficient (Wildman–Crippen LogP) is 2.29. The molecule has 0 amide bonds. The van der Waals surface area contributed by atoms with Crippen LogP contribution >= 0.6 is 0 Å². The molecule has 1 aliphatic rings. The van der Waals surface area contributed by atoms with Gasteiger partial charge in [0.25, 0.3) is 13.9 Å². The van der Waals surface area contributed by atoms with Crippen LogP contribution in [0.4, 0.5) is 0 Å². The zero-order valence-electron chi connectivity index (χ0n) is 19.4. The van der Waals surface area contributed by atoms with Crippen LogP contribution in [0.15, 0.2) is 76.4 Å². The van der Waals surface area contributed by atoms with Crippen LogP contribution in [-0.4, -0.2) is 37.4 Å². The zero-order chi connectivity index (χ0) is 23.6. The molecule has 0 bridgehead atoms. The highest BCUT2D eigenvalue weighted by Crippen LogP contribution is 2.37. The van der Waals surface area contributed by atoms with Gasteiger partial charge in [-0.2, -0.15) is 0 Å². The minimum absolute atomic E-state index is 0.166. The number of nitrogens with zero attached hydrogens (tertiary/aromatic N) is 1. The van der Waals surface area contributed by atoms with E-state index in [4.69, 9.17) is 13.9 Å². The molecule has 1 N–H and O–H groups in total. The molecule has 7 nitrogen and oxygen atoms in total. The lowest BCUT2D eigenvalue weighted by molar-refractivity contribution is -0.0956. The molecule has 0 saturated carbocycles. The van der Waals surface area contributed by atoms with Gasteiger partial charge in [0.15, 0.2) is 12.5 Å². The van der Waals surface area contributed by atoms with E-state index in [1.54, 1.807) is 6.92 Å². The number of aromatic nitrogens is 2. The number of benzene rings is 2. The number of H-pyrrole nitrogens is 1. The Labute approximate surface area is 194 Å². The first kappa shape index (κ1) is 23.4. The molecule has 8 heteroatoms. The van der Waals surface area contributed by atoms with Crippen LogP contribution in [0.25, 0.3) is 0 Å². The standard InChI is InChI=1S/C25H30N2O5Si/c1-18-15-27(24(29)26-23(18)28)21-16-30-22(32-21)17-31-33(25(2,3)4,19-11-7-5-8-12-19)20-13-9-6-10-14-20/h5-15,21-22H,16-17H2,1-4H3,(H,26,28,29)/t21-,22-/m1/s1. The van der Waals surface area contributed by atoms with Crippen LogP contribution in [0.1, 0.15) is 32.6 Å². The number of hydrogen-bond donors (Lipinski definition) is 1. The average Bonchev–Trinajstić information content (AvgIpc) is 3.26. The monoisotopic (exact) mass is 466 g/mol. The summed E-state index contributed by atoms with van der Waals surface area (Å²) in [7, 11) is -2.72. The number of rotatable bonds is 6. The van der Waals surface area contributed by atoms with E-state index in [0.29, 0.717) is 5.56 Å². The molecule has 2 atom stereocenters. The molecule has 174 valence electrons. The molecule has 3 aromatic rings. The van der Waals surface area contributed by atoms with E-state index < -0.39 is 32.1 Å². The van der Waals surface area contributed by atoms with Gasteiger partial charge in [-0.3, -0.25) is 14.3 Å². The van der Waals surface area contributed by atoms with Gasteiger partial charge in [-0.25, -0.2) is 4.79 Å². The predicted molar refractivity (Wildman–Crippen MR) is 129 cm³/mol. The Morgan fingerprint density at radius 2 is 1.61 bits per heavy atom. The summed E-state index contributed by atoms with van der Waals surface area (Å²) in [6.07, 6.45) is 0.247. The molecule has 0 unspecified atom stereocenters. The van der Waals surface area contributed by atoms with Crippen molar-refractivity contribution >= 4 is 18.7 Å². The highest BCUT2D eigenvalue weighted by atomic mass is 28.4. The second-order valence-corrected chi connectivity index (χ2v) is 13.6. The fourth-order valence-electron chi connectivity index (χ4n) is 4.43. The molecule has 1 saturated heterocycles. The molecule has 1 aliphatic heterocycles. The molecule has 2 heterocycles. The maximum Gasteiger partial charge on any atom is 0.330 e. The van der Waals surface area contributed by atoms with E-state index in [1.165, 1.54) is 21.1 Å². The number of aromatic amines is 1. The van der Waals surface area contributed by atoms with Gasteiger partial charge < -0.3 is 13.9 Å². The smallest absolute Gasteiger partial charge is 0.330 e. The van der Waals surface area contributed by atoms with Gasteiger partial charge in [-0.1, -0.05) is 81.4 Å². The fourth-order valence-corrected chi connectivity index (χ4v) is 8.97. The fraction of sp³-hybridized carbons (Fsp3) is 0.360. The minimum atomic E-state index is -2.72. The molecule has 1 fully saturated rings. The summed E-state index contributed by atoms with van der Waals surface area (Å²) in [4.78, 5) is 26.3. The Bertz CT molecular complexity index is 1160. The van der Waals surface area contributed by atoms with Crippen molar-refractivity contribution in [3.63, 3.8) is 0 Å². The van der Waals surface area contributed by atoms with Crippen LogP contribution in [0.5, 0.6) is 0 Å². The summed E-state index contributed by atoms with van der Waals surface area (Å²) >= 11 is 0. The molecule has 1 aromatic heterocycles. The molecule has 0 spiro atoms. The highest BCUT2D eigenvalue weighted by molar-refractivity contribution is 6.99. The van der Waals surface area contributed by atoms with Gasteiger partial charge in [-0.15, -0.1) is 0 Å². The minimum Gasteiger partial charge on any atom is -0.402 e. The van der Waals surface area contributed by atoms with E-state index in [-0.39, 0.29) is 18.3 Å². The number of ether oxygens (including phenoxy) is 2. The maximum absolute atomic E-state index is 12.3. The second kappa shape index (κ2) is 9.22. The van der Waals surface area contributed by atoms with E-state index >= 15 is 0 Å². The van der Waals surface area contributed by atoms with Gasteiger partial charge in [0.05, 0.1) is 13.2 Å². The summed E-state index contributed by atoms with van der Waals surface area (Å²) in [6, 6.07) is 20.7. The first-order chi connectivity index (χ1) is 15.7. The lowest BCUT2D eigenvalue weighted by Gasteiger charge is -2.43. The van der Waals surface area contributed by atoms with E-state index in [0.717, 1.165) is 0 Å². The van der Waals surface area contributed by atoms with Crippen molar-refractivity contribution in [3.8, 4) is 0 Å². The quantitative estimate of drug-likeness (QED) is 0.564. The molecular weight excluding hydrogens is 436 g/mol. The Morgan fingerprint density at radius 1 is 1.03 bits per heavy atom. The first-order valence-corrected chi connectivity index (χ1v) is 13.0. The van der Waals surface area contributed by atoms with Gasteiger partial charge in [0.1, 0.15) is 0 Å². The summed E-state index contributed by atoms with van der Waals surface area (Å²) < 4.78 is 20.1. The summed E-state index contributed by atoms with van der Waals surface area (Å²) in [5.41, 5.74) is -0.486. The third-order valence-electron chi connectivity index (χ3n) is 6.04. The van der Waals surface area contributed by atoms with Crippen LogP contribution < -0.4 is 21.6 Å². The second-order valence-electron chi connectivity index (χ2n) is 9.31. The Kier molecular flexibility index (Phi) is 6.53. The third kappa shape index (κ3) is 4.52. The number of hydrogen-bond acceptors (Lipinski definition) is 5. The van der Waals surface area contributed by atoms with Crippen molar-refractivity contribution in [2.75, 3.05) is 13.2 Å². The van der Waals surface area contributed by atoms with E-state index in [1.807, 2.05) is 36.4 Å². The largest absolute Gasteiger partial charge is 0.402 e. The SMILES string of the molecule is Cc1cn([C@H]2CO[C@@H](CO[Si](c3ccccc3)(c3ccccc3)C(C)(C)C)O2)c(=O)[nH]c1=O. The van der Waals surface area contributed by atoms with Crippen LogP contribution in [0.3, 0.4) is 0 Å². The van der Waals surface area contributed by atoms with Crippen LogP contribution in [0.2, 0.25) is 5.04 Å². The lowest BCUT2D eigenvalue weighted by atomic mass is 10.2. The number of aryl methyl sites for hydroxylation is 1. The molecular formula is C25H30N2O5Si. The van der Waals surface area contributed by atoms with Gasteiger partial charge in [0, 0.05) is 11.8 Å². The van der Waals surface area contributed by atoms with Gasteiger partial charge in [-0.05, 0) is 22.3 Å². The average molecular weight is 467 g/mol. The molecule has 0 aliphatic carbocycles. The first-order valence-electron chi connectivity index (χ1n) is 11.1. The van der Waals surface area contributed by atoms with Crippen LogP contribution in [0, 0.1) is 6.92 Å². The van der Waals surface area contributed by atoms with E-state index in [2.05, 4.69) is 50.0 Å². The Morgan fingerprint density at radius 3 is 2.15 bits per heavy atom. The summed E-state index contributed by atoms with van der Waals surface area (Å²) in [5, 5.41) is 2.18. The Hall–Kier alpha value is -2.78. The number of nitrogens with one attached hydrogen (secondary N) is 1.